The second-order valence-electron chi connectivity index (χ2n) is 4.88. The average molecular weight is 253 g/mol. The van der Waals surface area contributed by atoms with Crippen LogP contribution in [-0.2, 0) is 6.54 Å². The second-order valence-corrected chi connectivity index (χ2v) is 6.40. The Balaban J connectivity index is 2.59. The fourth-order valence-electron chi connectivity index (χ4n) is 1.62. The summed E-state index contributed by atoms with van der Waals surface area (Å²) in [5.74, 6) is 0.963. The van der Waals surface area contributed by atoms with Crippen molar-refractivity contribution in [2.75, 3.05) is 19.9 Å². The van der Waals surface area contributed by atoms with E-state index in [1.807, 2.05) is 17.8 Å². The van der Waals surface area contributed by atoms with Gasteiger partial charge in [-0.05, 0) is 33.1 Å². The summed E-state index contributed by atoms with van der Waals surface area (Å²) in [6.45, 7) is 8.45. The zero-order chi connectivity index (χ0) is 12.9. The molecule has 0 atom stereocenters. The lowest BCUT2D eigenvalue weighted by atomic mass is 10.1. The molecule has 1 aromatic rings. The molecule has 1 rings (SSSR count). The van der Waals surface area contributed by atoms with Gasteiger partial charge in [0.15, 0.2) is 0 Å². The van der Waals surface area contributed by atoms with Crippen molar-refractivity contribution in [2.24, 2.45) is 0 Å². The van der Waals surface area contributed by atoms with Gasteiger partial charge < -0.3 is 10.1 Å². The smallest absolute Gasteiger partial charge is 0.123 e. The van der Waals surface area contributed by atoms with Crippen LogP contribution < -0.4 is 10.1 Å². The highest BCUT2D eigenvalue weighted by molar-refractivity contribution is 7.99. The third-order valence-electron chi connectivity index (χ3n) is 2.85. The van der Waals surface area contributed by atoms with Crippen molar-refractivity contribution in [3.05, 3.63) is 29.3 Å². The molecule has 0 fully saturated rings. The van der Waals surface area contributed by atoms with E-state index in [0.29, 0.717) is 0 Å². The SMILES string of the molecule is COc1ccc(C)cc1CNCC(C)(C)SC. The molecule has 0 amide bonds. The lowest BCUT2D eigenvalue weighted by Gasteiger charge is -2.22. The minimum absolute atomic E-state index is 0.275. The third-order valence-corrected chi connectivity index (χ3v) is 4.10. The zero-order valence-electron chi connectivity index (χ0n) is 11.5. The molecular formula is C14H23NOS. The summed E-state index contributed by atoms with van der Waals surface area (Å²) >= 11 is 1.88. The number of rotatable bonds is 6. The van der Waals surface area contributed by atoms with Crippen LogP contribution in [-0.4, -0.2) is 24.7 Å². The first-order chi connectivity index (χ1) is 7.98. The van der Waals surface area contributed by atoms with Gasteiger partial charge in [-0.2, -0.15) is 11.8 Å². The van der Waals surface area contributed by atoms with Gasteiger partial charge in [-0.1, -0.05) is 17.7 Å². The number of aryl methyl sites for hydroxylation is 1. The Morgan fingerprint density at radius 3 is 2.65 bits per heavy atom. The molecular weight excluding hydrogens is 230 g/mol. The highest BCUT2D eigenvalue weighted by Gasteiger charge is 2.15. The highest BCUT2D eigenvalue weighted by atomic mass is 32.2. The Hall–Kier alpha value is -0.670. The molecule has 0 heterocycles. The van der Waals surface area contributed by atoms with Crippen molar-refractivity contribution in [1.29, 1.82) is 0 Å². The molecule has 0 aliphatic carbocycles. The largest absolute Gasteiger partial charge is 0.496 e. The number of thioether (sulfide) groups is 1. The van der Waals surface area contributed by atoms with Crippen LogP contribution in [0.5, 0.6) is 5.75 Å². The van der Waals surface area contributed by atoms with Crippen LogP contribution >= 0.6 is 11.8 Å². The minimum atomic E-state index is 0.275. The van der Waals surface area contributed by atoms with E-state index in [-0.39, 0.29) is 4.75 Å². The van der Waals surface area contributed by atoms with Crippen LogP contribution in [0.1, 0.15) is 25.0 Å². The van der Waals surface area contributed by atoms with Crippen molar-refractivity contribution in [2.45, 2.75) is 32.1 Å². The van der Waals surface area contributed by atoms with Gasteiger partial charge in [0, 0.05) is 23.4 Å². The minimum Gasteiger partial charge on any atom is -0.496 e. The molecule has 0 radical (unpaired) electrons. The van der Waals surface area contributed by atoms with Gasteiger partial charge in [0.25, 0.3) is 0 Å². The Labute approximate surface area is 109 Å². The van der Waals surface area contributed by atoms with Crippen molar-refractivity contribution in [3.63, 3.8) is 0 Å². The standard InChI is InChI=1S/C14H23NOS/c1-11-6-7-13(16-4)12(8-11)9-15-10-14(2,3)17-5/h6-8,15H,9-10H2,1-5H3. The van der Waals surface area contributed by atoms with E-state index in [2.05, 4.69) is 44.5 Å². The molecule has 0 aliphatic heterocycles. The maximum absolute atomic E-state index is 5.36. The number of hydrogen-bond acceptors (Lipinski definition) is 3. The quantitative estimate of drug-likeness (QED) is 0.841. The van der Waals surface area contributed by atoms with E-state index in [4.69, 9.17) is 4.74 Å². The number of nitrogens with one attached hydrogen (secondary N) is 1. The fraction of sp³-hybridized carbons (Fsp3) is 0.571. The average Bonchev–Trinajstić information content (AvgIpc) is 2.29. The fourth-order valence-corrected chi connectivity index (χ4v) is 1.86. The molecule has 0 aliphatic rings. The molecule has 0 bridgehead atoms. The number of hydrogen-bond donors (Lipinski definition) is 1. The first-order valence-electron chi connectivity index (χ1n) is 5.88. The molecule has 1 N–H and O–H groups in total. The summed E-state index contributed by atoms with van der Waals surface area (Å²) in [5, 5.41) is 3.49. The van der Waals surface area contributed by atoms with Crippen molar-refractivity contribution >= 4 is 11.8 Å². The van der Waals surface area contributed by atoms with Crippen LogP contribution in [0.25, 0.3) is 0 Å². The molecule has 2 nitrogen and oxygen atoms in total. The summed E-state index contributed by atoms with van der Waals surface area (Å²) < 4.78 is 5.64. The topological polar surface area (TPSA) is 21.3 Å². The van der Waals surface area contributed by atoms with Crippen LogP contribution in [0, 0.1) is 6.92 Å². The number of ether oxygens (including phenoxy) is 1. The Morgan fingerprint density at radius 2 is 2.06 bits per heavy atom. The van der Waals surface area contributed by atoms with Crippen LogP contribution in [0.2, 0.25) is 0 Å². The van der Waals surface area contributed by atoms with Gasteiger partial charge in [-0.15, -0.1) is 0 Å². The van der Waals surface area contributed by atoms with Gasteiger partial charge in [0.2, 0.25) is 0 Å². The van der Waals surface area contributed by atoms with Crippen LogP contribution in [0.4, 0.5) is 0 Å². The molecule has 96 valence electrons. The first-order valence-corrected chi connectivity index (χ1v) is 7.10. The summed E-state index contributed by atoms with van der Waals surface area (Å²) in [6.07, 6.45) is 2.15. The van der Waals surface area contributed by atoms with Gasteiger partial charge in [-0.3, -0.25) is 0 Å². The molecule has 0 aromatic heterocycles. The van der Waals surface area contributed by atoms with Gasteiger partial charge in [0.05, 0.1) is 7.11 Å². The number of methoxy groups -OCH3 is 1. The number of benzene rings is 1. The van der Waals surface area contributed by atoms with E-state index in [0.717, 1.165) is 18.8 Å². The normalized spacial score (nSPS) is 11.6. The lowest BCUT2D eigenvalue weighted by Crippen LogP contribution is -2.31. The maximum Gasteiger partial charge on any atom is 0.123 e. The predicted octanol–water partition coefficient (Wildman–Crippen LogP) is 3.23. The van der Waals surface area contributed by atoms with E-state index in [1.54, 1.807) is 7.11 Å². The second kappa shape index (κ2) is 6.31. The Bertz CT molecular complexity index is 363. The summed E-state index contributed by atoms with van der Waals surface area (Å²) in [4.78, 5) is 0. The molecule has 1 aromatic carbocycles. The van der Waals surface area contributed by atoms with Crippen molar-refractivity contribution < 1.29 is 4.74 Å². The zero-order valence-corrected chi connectivity index (χ0v) is 12.3. The van der Waals surface area contributed by atoms with E-state index in [9.17, 15) is 0 Å². The van der Waals surface area contributed by atoms with E-state index < -0.39 is 0 Å². The van der Waals surface area contributed by atoms with E-state index >= 15 is 0 Å². The Kier molecular flexibility index (Phi) is 5.34. The van der Waals surface area contributed by atoms with Crippen molar-refractivity contribution in [1.82, 2.24) is 5.32 Å². The Morgan fingerprint density at radius 1 is 1.35 bits per heavy atom. The van der Waals surface area contributed by atoms with Crippen molar-refractivity contribution in [3.8, 4) is 5.75 Å². The molecule has 0 saturated heterocycles. The molecule has 0 spiro atoms. The van der Waals surface area contributed by atoms with Gasteiger partial charge in [0.1, 0.15) is 5.75 Å². The first kappa shape index (κ1) is 14.4. The third kappa shape index (κ3) is 4.60. The maximum atomic E-state index is 5.36. The lowest BCUT2D eigenvalue weighted by molar-refractivity contribution is 0.407. The molecule has 17 heavy (non-hydrogen) atoms. The molecule has 0 unspecified atom stereocenters. The molecule has 3 heteroatoms. The van der Waals surface area contributed by atoms with Gasteiger partial charge >= 0.3 is 0 Å². The summed E-state index contributed by atoms with van der Waals surface area (Å²) in [5.41, 5.74) is 2.50. The van der Waals surface area contributed by atoms with E-state index in [1.165, 1.54) is 11.1 Å². The predicted molar refractivity (Wildman–Crippen MR) is 77.0 cm³/mol. The summed E-state index contributed by atoms with van der Waals surface area (Å²) in [6, 6.07) is 6.29. The summed E-state index contributed by atoms with van der Waals surface area (Å²) in [7, 11) is 1.72. The monoisotopic (exact) mass is 253 g/mol. The van der Waals surface area contributed by atoms with Gasteiger partial charge in [-0.25, -0.2) is 0 Å². The van der Waals surface area contributed by atoms with Crippen LogP contribution in [0.3, 0.4) is 0 Å². The highest BCUT2D eigenvalue weighted by Crippen LogP contribution is 2.22. The van der Waals surface area contributed by atoms with Crippen LogP contribution in [0.15, 0.2) is 18.2 Å². The molecule has 0 saturated carbocycles.